The van der Waals surface area contributed by atoms with Crippen molar-refractivity contribution >= 4 is 27.7 Å². The molecule has 0 radical (unpaired) electrons. The molecule has 0 fully saturated rings. The van der Waals surface area contributed by atoms with Gasteiger partial charge in [0.2, 0.25) is 15.9 Å². The molecule has 1 amide bonds. The molecule has 0 bridgehead atoms. The molecule has 0 aliphatic heterocycles. The molecule has 174 valence electrons. The highest BCUT2D eigenvalue weighted by Gasteiger charge is 2.13. The average Bonchev–Trinajstić information content (AvgIpc) is 3.34. The highest BCUT2D eigenvalue weighted by molar-refractivity contribution is 7.89. The molecule has 1 heterocycles. The molecule has 33 heavy (non-hydrogen) atoms. The minimum Gasteiger partial charge on any atom is -0.468 e. The van der Waals surface area contributed by atoms with E-state index in [1.165, 1.54) is 30.0 Å². The first-order valence-electron chi connectivity index (χ1n) is 10.7. The number of hydrogen-bond donors (Lipinski definition) is 2. The second kappa shape index (κ2) is 11.5. The fraction of sp³-hybridized carbons (Fsp3) is 0.240. The largest absolute Gasteiger partial charge is 0.468 e. The van der Waals surface area contributed by atoms with E-state index in [0.717, 1.165) is 24.1 Å². The number of rotatable bonds is 11. The van der Waals surface area contributed by atoms with Crippen molar-refractivity contribution in [3.05, 3.63) is 89.9 Å². The van der Waals surface area contributed by atoms with Gasteiger partial charge in [-0.3, -0.25) is 4.79 Å². The van der Waals surface area contributed by atoms with Crippen molar-refractivity contribution in [1.82, 2.24) is 10.0 Å². The Bertz CT molecular complexity index is 1150. The van der Waals surface area contributed by atoms with Gasteiger partial charge in [0.05, 0.1) is 17.7 Å². The fourth-order valence-corrected chi connectivity index (χ4v) is 4.11. The second-order valence-electron chi connectivity index (χ2n) is 7.76. The monoisotopic (exact) mass is 467 g/mol. The molecule has 0 atom stereocenters. The smallest absolute Gasteiger partial charge is 0.243 e. The van der Waals surface area contributed by atoms with E-state index in [1.807, 2.05) is 14.1 Å². The Balaban J connectivity index is 1.42. The van der Waals surface area contributed by atoms with E-state index in [4.69, 9.17) is 4.42 Å². The topological polar surface area (TPSA) is 91.7 Å². The summed E-state index contributed by atoms with van der Waals surface area (Å²) in [5.74, 6) is 0.348. The summed E-state index contributed by atoms with van der Waals surface area (Å²) in [7, 11) is 0.374. The zero-order chi connectivity index (χ0) is 23.7. The first kappa shape index (κ1) is 24.3. The molecule has 2 aromatic carbocycles. The summed E-state index contributed by atoms with van der Waals surface area (Å²) in [4.78, 5) is 14.3. The summed E-state index contributed by atoms with van der Waals surface area (Å²) < 4.78 is 32.3. The third-order valence-corrected chi connectivity index (χ3v) is 6.45. The molecule has 1 aromatic heterocycles. The number of anilines is 1. The molecule has 7 nitrogen and oxygen atoms in total. The van der Waals surface area contributed by atoms with Crippen molar-refractivity contribution in [3.8, 4) is 0 Å². The highest BCUT2D eigenvalue weighted by atomic mass is 32.2. The summed E-state index contributed by atoms with van der Waals surface area (Å²) in [5.41, 5.74) is 3.13. The van der Waals surface area contributed by atoms with E-state index in [-0.39, 0.29) is 17.3 Å². The van der Waals surface area contributed by atoms with Gasteiger partial charge in [0.1, 0.15) is 5.76 Å². The van der Waals surface area contributed by atoms with Crippen LogP contribution in [0.4, 0.5) is 5.69 Å². The van der Waals surface area contributed by atoms with Crippen LogP contribution in [0.3, 0.4) is 0 Å². The maximum atomic E-state index is 12.4. The minimum absolute atomic E-state index is 0.0819. The van der Waals surface area contributed by atoms with Gasteiger partial charge in [-0.25, -0.2) is 13.1 Å². The number of carbonyl (C=O) groups excluding carboxylic acids is 1. The first-order valence-corrected chi connectivity index (χ1v) is 12.2. The van der Waals surface area contributed by atoms with E-state index in [9.17, 15) is 13.2 Å². The normalized spacial score (nSPS) is 11.6. The van der Waals surface area contributed by atoms with Crippen LogP contribution in [0.25, 0.3) is 6.08 Å². The molecule has 2 N–H and O–H groups in total. The fourth-order valence-electron chi connectivity index (χ4n) is 3.12. The maximum absolute atomic E-state index is 12.4. The van der Waals surface area contributed by atoms with Crippen molar-refractivity contribution in [3.63, 3.8) is 0 Å². The Morgan fingerprint density at radius 3 is 2.39 bits per heavy atom. The Kier molecular flexibility index (Phi) is 8.46. The summed E-state index contributed by atoms with van der Waals surface area (Å²) in [6.07, 6.45) is 6.33. The molecule has 3 rings (SSSR count). The van der Waals surface area contributed by atoms with Crippen LogP contribution < -0.4 is 14.9 Å². The molecule has 0 aliphatic carbocycles. The maximum Gasteiger partial charge on any atom is 0.243 e. The minimum atomic E-state index is -3.64. The van der Waals surface area contributed by atoms with Crippen molar-refractivity contribution in [2.45, 2.75) is 24.3 Å². The van der Waals surface area contributed by atoms with Gasteiger partial charge in [0.25, 0.3) is 0 Å². The highest BCUT2D eigenvalue weighted by Crippen LogP contribution is 2.14. The molecular formula is C25H29N3O4S. The van der Waals surface area contributed by atoms with Crippen LogP contribution in [0, 0.1) is 0 Å². The zero-order valence-electron chi connectivity index (χ0n) is 18.8. The molecule has 3 aromatic rings. The zero-order valence-corrected chi connectivity index (χ0v) is 19.6. The van der Waals surface area contributed by atoms with Crippen LogP contribution in [0.15, 0.2) is 82.3 Å². The lowest BCUT2D eigenvalue weighted by Gasteiger charge is -2.12. The Hall–Kier alpha value is -3.36. The molecule has 0 saturated carbocycles. The van der Waals surface area contributed by atoms with Crippen LogP contribution in [-0.2, 0) is 27.8 Å². The SMILES string of the molecule is CN(C)c1ccc(CCCNC(=O)/C=C/c2ccc(S(=O)(=O)NCc3ccco3)cc2)cc1. The van der Waals surface area contributed by atoms with Gasteiger partial charge in [-0.1, -0.05) is 24.3 Å². The Morgan fingerprint density at radius 1 is 1.03 bits per heavy atom. The molecule has 0 spiro atoms. The lowest BCUT2D eigenvalue weighted by molar-refractivity contribution is -0.116. The van der Waals surface area contributed by atoms with Gasteiger partial charge in [0, 0.05) is 32.4 Å². The number of sulfonamides is 1. The first-order chi connectivity index (χ1) is 15.8. The van der Waals surface area contributed by atoms with Gasteiger partial charge < -0.3 is 14.6 Å². The third-order valence-electron chi connectivity index (χ3n) is 5.03. The predicted molar refractivity (Wildman–Crippen MR) is 130 cm³/mol. The van der Waals surface area contributed by atoms with Gasteiger partial charge in [-0.05, 0) is 66.4 Å². The second-order valence-corrected chi connectivity index (χ2v) is 9.53. The van der Waals surface area contributed by atoms with Gasteiger partial charge in [0.15, 0.2) is 0 Å². The van der Waals surface area contributed by atoms with Crippen molar-refractivity contribution < 1.29 is 17.6 Å². The number of nitrogens with one attached hydrogen (secondary N) is 2. The summed E-state index contributed by atoms with van der Waals surface area (Å²) in [6.45, 7) is 0.662. The quantitative estimate of drug-likeness (QED) is 0.332. The lowest BCUT2D eigenvalue weighted by Crippen LogP contribution is -2.23. The van der Waals surface area contributed by atoms with E-state index >= 15 is 0 Å². The molecule has 0 aliphatic rings. The van der Waals surface area contributed by atoms with Crippen molar-refractivity contribution in [2.24, 2.45) is 0 Å². The van der Waals surface area contributed by atoms with Crippen molar-refractivity contribution in [2.75, 3.05) is 25.5 Å². The van der Waals surface area contributed by atoms with Crippen LogP contribution in [0.5, 0.6) is 0 Å². The van der Waals surface area contributed by atoms with Gasteiger partial charge in [-0.15, -0.1) is 0 Å². The standard InChI is InChI=1S/C25H29N3O4S/c1-28(2)22-12-7-20(8-13-22)5-3-17-26-25(29)16-11-21-9-14-24(15-10-21)33(30,31)27-19-23-6-4-18-32-23/h4,6-16,18,27H,3,5,17,19H2,1-2H3,(H,26,29)/b16-11+. The Labute approximate surface area is 195 Å². The van der Waals surface area contributed by atoms with Crippen molar-refractivity contribution in [1.29, 1.82) is 0 Å². The average molecular weight is 468 g/mol. The van der Waals surface area contributed by atoms with E-state index in [2.05, 4.69) is 39.2 Å². The molecule has 8 heteroatoms. The molecule has 0 unspecified atom stereocenters. The van der Waals surface area contributed by atoms with E-state index in [1.54, 1.807) is 30.3 Å². The van der Waals surface area contributed by atoms with Crippen LogP contribution in [0.1, 0.15) is 23.3 Å². The lowest BCUT2D eigenvalue weighted by atomic mass is 10.1. The van der Waals surface area contributed by atoms with Gasteiger partial charge in [-0.2, -0.15) is 0 Å². The number of benzene rings is 2. The summed E-state index contributed by atoms with van der Waals surface area (Å²) in [6, 6.07) is 18.1. The van der Waals surface area contributed by atoms with E-state index in [0.29, 0.717) is 12.3 Å². The van der Waals surface area contributed by atoms with Crippen LogP contribution in [0.2, 0.25) is 0 Å². The Morgan fingerprint density at radius 2 is 1.76 bits per heavy atom. The molecular weight excluding hydrogens is 438 g/mol. The number of carbonyl (C=O) groups is 1. The van der Waals surface area contributed by atoms with Crippen LogP contribution >= 0.6 is 0 Å². The van der Waals surface area contributed by atoms with Crippen LogP contribution in [-0.4, -0.2) is 35.0 Å². The van der Waals surface area contributed by atoms with Gasteiger partial charge >= 0.3 is 0 Å². The third kappa shape index (κ3) is 7.62. The number of hydrogen-bond acceptors (Lipinski definition) is 5. The number of aryl methyl sites for hydroxylation is 1. The summed E-state index contributed by atoms with van der Waals surface area (Å²) in [5, 5.41) is 2.87. The van der Waals surface area contributed by atoms with E-state index < -0.39 is 10.0 Å². The predicted octanol–water partition coefficient (Wildman–Crippen LogP) is 3.59. The summed E-state index contributed by atoms with van der Waals surface area (Å²) >= 11 is 0. The molecule has 0 saturated heterocycles. The number of amides is 1. The number of nitrogens with zero attached hydrogens (tertiary/aromatic N) is 1. The number of furan rings is 1.